The molecule has 0 amide bonds. The number of rotatable bonds is 6. The van der Waals surface area contributed by atoms with Crippen LogP contribution in [0.2, 0.25) is 0 Å². The predicted molar refractivity (Wildman–Crippen MR) is 72.6 cm³/mol. The molecule has 0 saturated heterocycles. The molecule has 0 radical (unpaired) electrons. The predicted octanol–water partition coefficient (Wildman–Crippen LogP) is 3.10. The first kappa shape index (κ1) is 16.8. The molecule has 0 saturated carbocycles. The second kappa shape index (κ2) is 6.95. The van der Waals surface area contributed by atoms with Gasteiger partial charge in [-0.1, -0.05) is 6.07 Å². The van der Waals surface area contributed by atoms with Crippen LogP contribution in [0.3, 0.4) is 0 Å². The minimum absolute atomic E-state index is 0.162. The van der Waals surface area contributed by atoms with Crippen molar-refractivity contribution < 1.29 is 17.9 Å². The van der Waals surface area contributed by atoms with Crippen LogP contribution in [0.25, 0.3) is 0 Å². The highest BCUT2D eigenvalue weighted by molar-refractivity contribution is 5.38. The zero-order chi connectivity index (χ0) is 15.3. The van der Waals surface area contributed by atoms with E-state index in [9.17, 15) is 13.2 Å². The molecule has 2 N–H and O–H groups in total. The van der Waals surface area contributed by atoms with Gasteiger partial charge in [0.05, 0.1) is 13.2 Å². The average Bonchev–Trinajstić information content (AvgIpc) is 2.28. The van der Waals surface area contributed by atoms with Crippen LogP contribution in [0.5, 0.6) is 5.75 Å². The molecule has 1 rings (SSSR count). The fourth-order valence-electron chi connectivity index (χ4n) is 1.96. The molecule has 1 unspecified atom stereocenters. The van der Waals surface area contributed by atoms with Crippen molar-refractivity contribution in [2.24, 2.45) is 5.73 Å². The lowest BCUT2D eigenvalue weighted by molar-refractivity contribution is -0.144. The van der Waals surface area contributed by atoms with Crippen molar-refractivity contribution >= 4 is 0 Å². The van der Waals surface area contributed by atoms with Crippen LogP contribution in [0.15, 0.2) is 18.2 Å². The summed E-state index contributed by atoms with van der Waals surface area (Å²) in [5, 5.41) is 0. The number of benzene rings is 1. The van der Waals surface area contributed by atoms with E-state index in [1.54, 1.807) is 6.07 Å². The molecule has 0 bridgehead atoms. The van der Waals surface area contributed by atoms with Crippen LogP contribution in [0, 0.1) is 0 Å². The molecule has 0 aliphatic heterocycles. The number of halogens is 3. The highest BCUT2D eigenvalue weighted by Gasteiger charge is 2.29. The van der Waals surface area contributed by atoms with Crippen LogP contribution in [0.1, 0.15) is 31.0 Å². The van der Waals surface area contributed by atoms with E-state index in [2.05, 4.69) is 0 Å². The summed E-state index contributed by atoms with van der Waals surface area (Å²) in [6.07, 6.45) is -4.21. The van der Waals surface area contributed by atoms with Gasteiger partial charge in [0, 0.05) is 18.2 Å². The van der Waals surface area contributed by atoms with Gasteiger partial charge in [-0.3, -0.25) is 4.90 Å². The Bertz CT molecular complexity index is 433. The van der Waals surface area contributed by atoms with Gasteiger partial charge in [-0.25, -0.2) is 0 Å². The summed E-state index contributed by atoms with van der Waals surface area (Å²) in [7, 11) is 1.43. The van der Waals surface area contributed by atoms with Gasteiger partial charge in [0.2, 0.25) is 0 Å². The van der Waals surface area contributed by atoms with Gasteiger partial charge < -0.3 is 10.5 Å². The second-order valence-corrected chi connectivity index (χ2v) is 4.88. The minimum Gasteiger partial charge on any atom is -0.494 e. The molecule has 1 aromatic carbocycles. The van der Waals surface area contributed by atoms with Crippen molar-refractivity contribution in [3.8, 4) is 5.75 Å². The third-order valence-corrected chi connectivity index (χ3v) is 2.80. The first-order valence-corrected chi connectivity index (χ1v) is 6.49. The van der Waals surface area contributed by atoms with Crippen LogP contribution >= 0.6 is 0 Å². The summed E-state index contributed by atoms with van der Waals surface area (Å²) < 4.78 is 42.6. The molecule has 0 fully saturated rings. The SMILES string of the molecule is CCOc1ccc(C(C)N)cc1CN(C)CC(F)(F)F. The van der Waals surface area contributed by atoms with Crippen molar-refractivity contribution in [2.75, 3.05) is 20.2 Å². The lowest BCUT2D eigenvalue weighted by atomic mass is 10.0. The van der Waals surface area contributed by atoms with Crippen molar-refractivity contribution in [3.63, 3.8) is 0 Å². The van der Waals surface area contributed by atoms with E-state index >= 15 is 0 Å². The topological polar surface area (TPSA) is 38.5 Å². The largest absolute Gasteiger partial charge is 0.494 e. The third kappa shape index (κ3) is 5.38. The van der Waals surface area contributed by atoms with Crippen LogP contribution in [-0.4, -0.2) is 31.3 Å². The van der Waals surface area contributed by atoms with E-state index in [0.717, 1.165) is 5.56 Å². The van der Waals surface area contributed by atoms with E-state index in [4.69, 9.17) is 10.5 Å². The number of ether oxygens (including phenoxy) is 1. The Morgan fingerprint density at radius 3 is 2.50 bits per heavy atom. The summed E-state index contributed by atoms with van der Waals surface area (Å²) in [6, 6.07) is 5.24. The molecule has 114 valence electrons. The molecule has 0 spiro atoms. The molecule has 0 aliphatic rings. The van der Waals surface area contributed by atoms with Crippen LogP contribution in [-0.2, 0) is 6.54 Å². The molecule has 20 heavy (non-hydrogen) atoms. The Balaban J connectivity index is 2.92. The molecule has 0 heterocycles. The van der Waals surface area contributed by atoms with E-state index in [0.29, 0.717) is 17.9 Å². The molecule has 0 aromatic heterocycles. The summed E-state index contributed by atoms with van der Waals surface area (Å²) in [6.45, 7) is 3.34. The number of hydrogen-bond donors (Lipinski definition) is 1. The molecule has 6 heteroatoms. The molecular weight excluding hydrogens is 269 g/mol. The van der Waals surface area contributed by atoms with Crippen molar-refractivity contribution in [2.45, 2.75) is 32.6 Å². The van der Waals surface area contributed by atoms with Gasteiger partial charge >= 0.3 is 6.18 Å². The first-order valence-electron chi connectivity index (χ1n) is 6.49. The van der Waals surface area contributed by atoms with Crippen molar-refractivity contribution in [1.29, 1.82) is 0 Å². The first-order chi connectivity index (χ1) is 9.23. The van der Waals surface area contributed by atoms with E-state index in [-0.39, 0.29) is 12.6 Å². The van der Waals surface area contributed by atoms with Crippen LogP contribution < -0.4 is 10.5 Å². The Kier molecular flexibility index (Phi) is 5.83. The lowest BCUT2D eigenvalue weighted by Gasteiger charge is -2.21. The standard InChI is InChI=1S/C14H21F3N2O/c1-4-20-13-6-5-11(10(2)18)7-12(13)8-19(3)9-14(15,16)17/h5-7,10H,4,8-9,18H2,1-3H3. The molecule has 3 nitrogen and oxygen atoms in total. The fraction of sp³-hybridized carbons (Fsp3) is 0.571. The molecular formula is C14H21F3N2O. The van der Waals surface area contributed by atoms with E-state index in [1.807, 2.05) is 26.0 Å². The number of nitrogens with two attached hydrogens (primary N) is 1. The van der Waals surface area contributed by atoms with Gasteiger partial charge in [-0.15, -0.1) is 0 Å². The summed E-state index contributed by atoms with van der Waals surface area (Å²) in [4.78, 5) is 1.21. The normalized spacial score (nSPS) is 13.6. The summed E-state index contributed by atoms with van der Waals surface area (Å²) >= 11 is 0. The quantitative estimate of drug-likeness (QED) is 0.875. The third-order valence-electron chi connectivity index (χ3n) is 2.80. The zero-order valence-corrected chi connectivity index (χ0v) is 12.0. The van der Waals surface area contributed by atoms with E-state index in [1.165, 1.54) is 11.9 Å². The van der Waals surface area contributed by atoms with Crippen molar-refractivity contribution in [3.05, 3.63) is 29.3 Å². The lowest BCUT2D eigenvalue weighted by Crippen LogP contribution is -2.30. The number of hydrogen-bond acceptors (Lipinski definition) is 3. The van der Waals surface area contributed by atoms with Gasteiger partial charge in [0.25, 0.3) is 0 Å². The Morgan fingerprint density at radius 1 is 1.35 bits per heavy atom. The van der Waals surface area contributed by atoms with E-state index < -0.39 is 12.7 Å². The minimum atomic E-state index is -4.21. The molecule has 1 atom stereocenters. The summed E-state index contributed by atoms with van der Waals surface area (Å²) in [5.41, 5.74) is 7.40. The van der Waals surface area contributed by atoms with Gasteiger partial charge in [-0.2, -0.15) is 13.2 Å². The van der Waals surface area contributed by atoms with Gasteiger partial charge in [0.15, 0.2) is 0 Å². The molecule has 0 aliphatic carbocycles. The van der Waals surface area contributed by atoms with Crippen molar-refractivity contribution in [1.82, 2.24) is 4.90 Å². The monoisotopic (exact) mass is 290 g/mol. The maximum absolute atomic E-state index is 12.4. The molecule has 1 aromatic rings. The highest BCUT2D eigenvalue weighted by Crippen LogP contribution is 2.25. The maximum Gasteiger partial charge on any atom is 0.401 e. The maximum atomic E-state index is 12.4. The zero-order valence-electron chi connectivity index (χ0n) is 12.0. The average molecular weight is 290 g/mol. The highest BCUT2D eigenvalue weighted by atomic mass is 19.4. The Hall–Kier alpha value is -1.27. The number of alkyl halides is 3. The second-order valence-electron chi connectivity index (χ2n) is 4.88. The van der Waals surface area contributed by atoms with Crippen LogP contribution in [0.4, 0.5) is 13.2 Å². The smallest absolute Gasteiger partial charge is 0.401 e. The fourth-order valence-corrected chi connectivity index (χ4v) is 1.96. The van der Waals surface area contributed by atoms with Gasteiger partial charge in [-0.05, 0) is 38.6 Å². The summed E-state index contributed by atoms with van der Waals surface area (Å²) in [5.74, 6) is 0.603. The Morgan fingerprint density at radius 2 is 2.00 bits per heavy atom. The van der Waals surface area contributed by atoms with Gasteiger partial charge in [0.1, 0.15) is 5.75 Å². The number of nitrogens with zero attached hydrogens (tertiary/aromatic N) is 1. The Labute approximate surface area is 117 Å².